The van der Waals surface area contributed by atoms with E-state index in [0.717, 1.165) is 12.0 Å². The van der Waals surface area contributed by atoms with Crippen LogP contribution in [0.15, 0.2) is 24.8 Å². The van der Waals surface area contributed by atoms with Crippen molar-refractivity contribution in [3.8, 4) is 17.3 Å². The summed E-state index contributed by atoms with van der Waals surface area (Å²) in [5, 5.41) is 21.4. The minimum Gasteiger partial charge on any atom is -0.376 e. The highest BCUT2D eigenvalue weighted by Crippen LogP contribution is 2.47. The molecule has 0 aromatic carbocycles. The van der Waals surface area contributed by atoms with Gasteiger partial charge in [-0.15, -0.1) is 0 Å². The van der Waals surface area contributed by atoms with Gasteiger partial charge in [0, 0.05) is 37.9 Å². The van der Waals surface area contributed by atoms with Gasteiger partial charge in [-0.25, -0.2) is 9.50 Å². The number of nitrogens with two attached hydrogens (primary N) is 1. The predicted octanol–water partition coefficient (Wildman–Crippen LogP) is 1.18. The number of nitrogens with zero attached hydrogens (tertiary/aromatic N) is 7. The Bertz CT molecular complexity index is 1300. The van der Waals surface area contributed by atoms with Crippen molar-refractivity contribution in [3.05, 3.63) is 30.4 Å². The van der Waals surface area contributed by atoms with Gasteiger partial charge < -0.3 is 16.0 Å². The van der Waals surface area contributed by atoms with Crippen LogP contribution in [-0.2, 0) is 11.8 Å². The molecule has 2 fully saturated rings. The van der Waals surface area contributed by atoms with E-state index in [1.165, 1.54) is 6.20 Å². The molecule has 3 aromatic heterocycles. The van der Waals surface area contributed by atoms with Crippen LogP contribution in [0, 0.1) is 22.7 Å². The molecule has 4 heterocycles. The third-order valence-corrected chi connectivity index (χ3v) is 6.71. The lowest BCUT2D eigenvalue weighted by atomic mass is 10.0. The van der Waals surface area contributed by atoms with Crippen LogP contribution in [0.3, 0.4) is 0 Å². The molecule has 2 atom stereocenters. The van der Waals surface area contributed by atoms with Crippen LogP contribution in [0.4, 0.5) is 5.69 Å². The van der Waals surface area contributed by atoms with E-state index >= 15 is 0 Å². The Hall–Kier alpha value is -3.94. The standard InChI is InChI=1S/C22H25N9O2/c1-3-13-9-30(21(33)22(12-23)4-5-22)10-16(13)27-18-15(19(24)32)7-26-31-11-17(28-20(18)31)14-6-25-29(2)8-14/h6-8,11,13,16,27H,3-5,9-10H2,1-2H3,(H2,24,32)/t13-,16-/m1/s1. The Morgan fingerprint density at radius 2 is 2.06 bits per heavy atom. The van der Waals surface area contributed by atoms with Crippen LogP contribution in [-0.4, -0.2) is 60.2 Å². The number of likely N-dealkylation sites (tertiary alicyclic amines) is 1. The Morgan fingerprint density at radius 3 is 2.67 bits per heavy atom. The molecule has 0 unspecified atom stereocenters. The number of carbonyl (C=O) groups is 2. The fraction of sp³-hybridized carbons (Fsp3) is 0.455. The summed E-state index contributed by atoms with van der Waals surface area (Å²) < 4.78 is 3.29. The molecule has 170 valence electrons. The molecule has 11 nitrogen and oxygen atoms in total. The van der Waals surface area contributed by atoms with E-state index in [4.69, 9.17) is 10.7 Å². The van der Waals surface area contributed by atoms with E-state index in [9.17, 15) is 14.9 Å². The first-order chi connectivity index (χ1) is 15.8. The minimum absolute atomic E-state index is 0.0950. The van der Waals surface area contributed by atoms with Crippen LogP contribution < -0.4 is 11.1 Å². The maximum Gasteiger partial charge on any atom is 0.252 e. The normalized spacial score (nSPS) is 21.2. The molecule has 1 aliphatic carbocycles. The lowest BCUT2D eigenvalue weighted by Gasteiger charge is -2.21. The third-order valence-electron chi connectivity index (χ3n) is 6.71. The van der Waals surface area contributed by atoms with Crippen molar-refractivity contribution in [1.29, 1.82) is 5.26 Å². The zero-order valence-corrected chi connectivity index (χ0v) is 18.5. The molecule has 0 radical (unpaired) electrons. The number of fused-ring (bicyclic) bond motifs is 1. The molecule has 2 amide bonds. The quantitative estimate of drug-likeness (QED) is 0.576. The molecule has 11 heteroatoms. The molecule has 3 N–H and O–H groups in total. The van der Waals surface area contributed by atoms with Gasteiger partial charge >= 0.3 is 0 Å². The van der Waals surface area contributed by atoms with Gasteiger partial charge in [-0.1, -0.05) is 6.92 Å². The second-order valence-electron chi connectivity index (χ2n) is 8.92. The fourth-order valence-electron chi connectivity index (χ4n) is 4.56. The highest BCUT2D eigenvalue weighted by Gasteiger charge is 2.54. The van der Waals surface area contributed by atoms with Gasteiger partial charge in [0.25, 0.3) is 5.91 Å². The summed E-state index contributed by atoms with van der Waals surface area (Å²) in [7, 11) is 1.83. The number of hydrogen-bond acceptors (Lipinski definition) is 7. The molecule has 1 aliphatic heterocycles. The average molecular weight is 448 g/mol. The summed E-state index contributed by atoms with van der Waals surface area (Å²) in [4.78, 5) is 31.6. The van der Waals surface area contributed by atoms with Crippen LogP contribution in [0.5, 0.6) is 0 Å². The first-order valence-corrected chi connectivity index (χ1v) is 11.0. The number of imidazole rings is 1. The number of hydrogen-bond donors (Lipinski definition) is 2. The van der Waals surface area contributed by atoms with Crippen molar-refractivity contribution >= 4 is 23.1 Å². The maximum absolute atomic E-state index is 12.9. The van der Waals surface area contributed by atoms with Gasteiger partial charge in [0.2, 0.25) is 5.91 Å². The number of anilines is 1. The number of nitrogens with one attached hydrogen (secondary N) is 1. The van der Waals surface area contributed by atoms with Gasteiger partial charge in [-0.3, -0.25) is 14.3 Å². The SMILES string of the molecule is CC[C@@H]1CN(C(=O)C2(C#N)CC2)C[C@H]1Nc1c(C(N)=O)cnn2cc(-c3cnn(C)c3)nc12. The van der Waals surface area contributed by atoms with E-state index in [1.807, 2.05) is 13.2 Å². The summed E-state index contributed by atoms with van der Waals surface area (Å²) in [6.45, 7) is 3.08. The molecular weight excluding hydrogens is 422 g/mol. The second kappa shape index (κ2) is 7.58. The van der Waals surface area contributed by atoms with E-state index in [1.54, 1.807) is 26.5 Å². The highest BCUT2D eigenvalue weighted by atomic mass is 16.2. The van der Waals surface area contributed by atoms with Crippen molar-refractivity contribution in [2.24, 2.45) is 24.1 Å². The number of aryl methyl sites for hydroxylation is 1. The molecular formula is C22H25N9O2. The maximum atomic E-state index is 12.9. The predicted molar refractivity (Wildman–Crippen MR) is 119 cm³/mol. The van der Waals surface area contributed by atoms with E-state index in [-0.39, 0.29) is 23.4 Å². The Morgan fingerprint density at radius 1 is 1.27 bits per heavy atom. The van der Waals surface area contributed by atoms with E-state index in [2.05, 4.69) is 28.5 Å². The second-order valence-corrected chi connectivity index (χ2v) is 8.92. The lowest BCUT2D eigenvalue weighted by Crippen LogP contribution is -2.36. The number of aromatic nitrogens is 5. The summed E-state index contributed by atoms with van der Waals surface area (Å²) in [5.41, 5.74) is 7.50. The molecule has 3 aromatic rings. The summed E-state index contributed by atoms with van der Waals surface area (Å²) in [5.74, 6) is -0.550. The number of primary amides is 1. The van der Waals surface area contributed by atoms with Crippen LogP contribution >= 0.6 is 0 Å². The Kier molecular flexibility index (Phi) is 4.81. The molecule has 0 bridgehead atoms. The van der Waals surface area contributed by atoms with Crippen molar-refractivity contribution in [1.82, 2.24) is 29.3 Å². The Balaban J connectivity index is 1.49. The Labute approximate surface area is 190 Å². The van der Waals surface area contributed by atoms with E-state index < -0.39 is 11.3 Å². The summed E-state index contributed by atoms with van der Waals surface area (Å²) in [6.07, 6.45) is 8.84. The lowest BCUT2D eigenvalue weighted by molar-refractivity contribution is -0.134. The zero-order valence-electron chi connectivity index (χ0n) is 18.5. The average Bonchev–Trinajstić information content (AvgIpc) is 3.11. The first kappa shape index (κ1) is 20.9. The van der Waals surface area contributed by atoms with Gasteiger partial charge in [0.15, 0.2) is 5.65 Å². The van der Waals surface area contributed by atoms with E-state index in [0.29, 0.717) is 43.0 Å². The van der Waals surface area contributed by atoms with Crippen LogP contribution in [0.25, 0.3) is 16.9 Å². The molecule has 5 rings (SSSR count). The molecule has 33 heavy (non-hydrogen) atoms. The summed E-state index contributed by atoms with van der Waals surface area (Å²) in [6, 6.07) is 2.08. The molecule has 0 spiro atoms. The van der Waals surface area contributed by atoms with Crippen molar-refractivity contribution in [3.63, 3.8) is 0 Å². The topological polar surface area (TPSA) is 147 Å². The molecule has 2 aliphatic rings. The number of rotatable bonds is 6. The fourth-order valence-corrected chi connectivity index (χ4v) is 4.56. The third kappa shape index (κ3) is 3.47. The van der Waals surface area contributed by atoms with Crippen LogP contribution in [0.1, 0.15) is 36.5 Å². The number of nitriles is 1. The van der Waals surface area contributed by atoms with Crippen LogP contribution in [0.2, 0.25) is 0 Å². The van der Waals surface area contributed by atoms with Gasteiger partial charge in [0.05, 0.1) is 41.6 Å². The largest absolute Gasteiger partial charge is 0.376 e. The monoisotopic (exact) mass is 447 g/mol. The molecule has 1 saturated carbocycles. The molecule has 1 saturated heterocycles. The van der Waals surface area contributed by atoms with Gasteiger partial charge in [-0.05, 0) is 25.2 Å². The summed E-state index contributed by atoms with van der Waals surface area (Å²) >= 11 is 0. The van der Waals surface area contributed by atoms with Crippen molar-refractivity contribution in [2.75, 3.05) is 18.4 Å². The minimum atomic E-state index is -0.850. The highest BCUT2D eigenvalue weighted by molar-refractivity contribution is 6.01. The van der Waals surface area contributed by atoms with Gasteiger partial charge in [0.1, 0.15) is 5.41 Å². The number of amides is 2. The van der Waals surface area contributed by atoms with Crippen molar-refractivity contribution in [2.45, 2.75) is 32.2 Å². The number of carbonyl (C=O) groups excluding carboxylic acids is 2. The van der Waals surface area contributed by atoms with Crippen molar-refractivity contribution < 1.29 is 9.59 Å². The first-order valence-electron chi connectivity index (χ1n) is 11.0. The smallest absolute Gasteiger partial charge is 0.252 e. The zero-order chi connectivity index (χ0) is 23.3. The van der Waals surface area contributed by atoms with Gasteiger partial charge in [-0.2, -0.15) is 15.5 Å².